The molecule has 0 saturated carbocycles. The lowest BCUT2D eigenvalue weighted by Gasteiger charge is -2.10. The lowest BCUT2D eigenvalue weighted by Crippen LogP contribution is -2.35. The van der Waals surface area contributed by atoms with Crippen LogP contribution in [0.4, 0.5) is 0 Å². The van der Waals surface area contributed by atoms with Crippen molar-refractivity contribution in [3.8, 4) is 0 Å². The number of ether oxygens (including phenoxy) is 1. The van der Waals surface area contributed by atoms with Gasteiger partial charge in [0.15, 0.2) is 5.69 Å². The fourth-order valence-electron chi connectivity index (χ4n) is 1.80. The second-order valence-electron chi connectivity index (χ2n) is 4.09. The van der Waals surface area contributed by atoms with E-state index in [-0.39, 0.29) is 17.7 Å². The summed E-state index contributed by atoms with van der Waals surface area (Å²) in [7, 11) is 0. The first kappa shape index (κ1) is 12.6. The number of rotatable bonds is 5. The van der Waals surface area contributed by atoms with E-state index >= 15 is 0 Å². The highest BCUT2D eigenvalue weighted by molar-refractivity contribution is 5.84. The summed E-state index contributed by atoms with van der Waals surface area (Å²) in [6.45, 7) is 1.55. The number of hydrogen-bond acceptors (Lipinski definition) is 4. The number of carbonyl (C=O) groups excluding carboxylic acids is 1. The van der Waals surface area contributed by atoms with Crippen molar-refractivity contribution in [3.63, 3.8) is 0 Å². The number of aromatic carboxylic acids is 1. The second-order valence-corrected chi connectivity index (χ2v) is 4.09. The summed E-state index contributed by atoms with van der Waals surface area (Å²) in [6, 6.07) is 0. The van der Waals surface area contributed by atoms with E-state index < -0.39 is 5.97 Å². The maximum Gasteiger partial charge on any atom is 0.356 e. The van der Waals surface area contributed by atoms with Crippen molar-refractivity contribution < 1.29 is 19.4 Å². The predicted octanol–water partition coefficient (Wildman–Crippen LogP) is -0.124. The van der Waals surface area contributed by atoms with Gasteiger partial charge in [-0.1, -0.05) is 0 Å². The van der Waals surface area contributed by atoms with Gasteiger partial charge in [0.2, 0.25) is 5.91 Å². The summed E-state index contributed by atoms with van der Waals surface area (Å²) in [4.78, 5) is 25.9. The van der Waals surface area contributed by atoms with Crippen LogP contribution in [0.25, 0.3) is 0 Å². The van der Waals surface area contributed by atoms with E-state index in [4.69, 9.17) is 9.84 Å². The van der Waals surface area contributed by atoms with E-state index in [0.717, 1.165) is 12.8 Å². The first-order valence-corrected chi connectivity index (χ1v) is 5.81. The Morgan fingerprint density at radius 2 is 2.44 bits per heavy atom. The number of hydrogen-bond donors (Lipinski definition) is 2. The maximum absolute atomic E-state index is 11.6. The molecule has 1 saturated heterocycles. The van der Waals surface area contributed by atoms with Gasteiger partial charge >= 0.3 is 5.97 Å². The molecule has 0 spiro atoms. The van der Waals surface area contributed by atoms with Crippen LogP contribution in [0.3, 0.4) is 0 Å². The highest BCUT2D eigenvalue weighted by Crippen LogP contribution is 2.11. The van der Waals surface area contributed by atoms with E-state index in [0.29, 0.717) is 19.7 Å². The van der Waals surface area contributed by atoms with Gasteiger partial charge in [0.25, 0.3) is 0 Å². The predicted molar refractivity (Wildman–Crippen MR) is 61.2 cm³/mol. The quantitative estimate of drug-likeness (QED) is 0.762. The highest BCUT2D eigenvalue weighted by atomic mass is 16.5. The van der Waals surface area contributed by atoms with Crippen molar-refractivity contribution in [2.24, 2.45) is 0 Å². The molecule has 0 aromatic carbocycles. The average molecular weight is 253 g/mol. The molecule has 1 unspecified atom stereocenters. The van der Waals surface area contributed by atoms with Crippen LogP contribution in [0, 0.1) is 0 Å². The Kier molecular flexibility index (Phi) is 3.93. The van der Waals surface area contributed by atoms with E-state index in [2.05, 4.69) is 10.3 Å². The zero-order valence-corrected chi connectivity index (χ0v) is 9.83. The van der Waals surface area contributed by atoms with Crippen molar-refractivity contribution >= 4 is 11.9 Å². The third-order valence-corrected chi connectivity index (χ3v) is 2.74. The van der Waals surface area contributed by atoms with Crippen molar-refractivity contribution in [1.29, 1.82) is 0 Å². The lowest BCUT2D eigenvalue weighted by atomic mass is 10.2. The Morgan fingerprint density at radius 1 is 1.61 bits per heavy atom. The summed E-state index contributed by atoms with van der Waals surface area (Å²) >= 11 is 0. The summed E-state index contributed by atoms with van der Waals surface area (Å²) in [6.07, 6.45) is 4.21. The van der Waals surface area contributed by atoms with E-state index in [1.807, 2.05) is 0 Å². The summed E-state index contributed by atoms with van der Waals surface area (Å²) in [5, 5.41) is 11.4. The van der Waals surface area contributed by atoms with Gasteiger partial charge < -0.3 is 19.7 Å². The average Bonchev–Trinajstić information content (AvgIpc) is 3.00. The molecule has 1 fully saturated rings. The first-order valence-electron chi connectivity index (χ1n) is 5.81. The van der Waals surface area contributed by atoms with Crippen LogP contribution in [0.1, 0.15) is 23.3 Å². The number of aromatic nitrogens is 2. The summed E-state index contributed by atoms with van der Waals surface area (Å²) in [5.74, 6) is -1.16. The molecule has 1 amide bonds. The van der Waals surface area contributed by atoms with Crippen LogP contribution in [-0.2, 0) is 16.1 Å². The topological polar surface area (TPSA) is 93.5 Å². The Morgan fingerprint density at radius 3 is 3.06 bits per heavy atom. The molecule has 0 aliphatic carbocycles. The van der Waals surface area contributed by atoms with E-state index in [1.165, 1.54) is 12.5 Å². The molecular formula is C11H15N3O4. The first-order chi connectivity index (χ1) is 8.66. The minimum Gasteiger partial charge on any atom is -0.476 e. The molecule has 7 nitrogen and oxygen atoms in total. The molecule has 1 aliphatic heterocycles. The van der Waals surface area contributed by atoms with Crippen LogP contribution in [0.15, 0.2) is 12.5 Å². The normalized spacial score (nSPS) is 18.8. The Labute approximate surface area is 104 Å². The van der Waals surface area contributed by atoms with Crippen LogP contribution in [0.5, 0.6) is 0 Å². The molecule has 1 aromatic rings. The molecular weight excluding hydrogens is 238 g/mol. The Balaban J connectivity index is 1.74. The third kappa shape index (κ3) is 3.07. The SMILES string of the molecule is O=C(O)c1cn(CCNC(=O)C2CCCO2)cn1. The highest BCUT2D eigenvalue weighted by Gasteiger charge is 2.22. The molecule has 2 N–H and O–H groups in total. The second kappa shape index (κ2) is 5.63. The van der Waals surface area contributed by atoms with Crippen LogP contribution < -0.4 is 5.32 Å². The Bertz CT molecular complexity index is 437. The maximum atomic E-state index is 11.6. The minimum absolute atomic E-state index is 0.000419. The lowest BCUT2D eigenvalue weighted by molar-refractivity contribution is -0.130. The number of nitrogens with one attached hydrogen (secondary N) is 1. The molecule has 1 atom stereocenters. The standard InChI is InChI=1S/C11H15N3O4/c15-10(9-2-1-5-18-9)12-3-4-14-6-8(11(16)17)13-7-14/h6-7,9H,1-5H2,(H,12,15)(H,16,17). The fraction of sp³-hybridized carbons (Fsp3) is 0.545. The zero-order valence-electron chi connectivity index (χ0n) is 9.83. The largest absolute Gasteiger partial charge is 0.476 e. The van der Waals surface area contributed by atoms with Gasteiger partial charge in [0.1, 0.15) is 6.10 Å². The molecule has 0 bridgehead atoms. The monoisotopic (exact) mass is 253 g/mol. The molecule has 1 aromatic heterocycles. The molecule has 2 heterocycles. The minimum atomic E-state index is -1.06. The Hall–Kier alpha value is -1.89. The molecule has 7 heteroatoms. The van der Waals surface area contributed by atoms with Gasteiger partial charge in [-0.3, -0.25) is 4.79 Å². The molecule has 2 rings (SSSR count). The van der Waals surface area contributed by atoms with Crippen LogP contribution >= 0.6 is 0 Å². The summed E-state index contributed by atoms with van der Waals surface area (Å²) in [5.41, 5.74) is 0.000419. The number of carboxylic acids is 1. The van der Waals surface area contributed by atoms with Crippen molar-refractivity contribution in [2.45, 2.75) is 25.5 Å². The zero-order chi connectivity index (χ0) is 13.0. The van der Waals surface area contributed by atoms with Crippen molar-refractivity contribution in [3.05, 3.63) is 18.2 Å². The number of nitrogens with zero attached hydrogens (tertiary/aromatic N) is 2. The van der Waals surface area contributed by atoms with Crippen LogP contribution in [-0.4, -0.2) is 45.8 Å². The summed E-state index contributed by atoms with van der Waals surface area (Å²) < 4.78 is 6.87. The number of amides is 1. The smallest absolute Gasteiger partial charge is 0.356 e. The number of carboxylic acid groups (broad SMARTS) is 1. The number of imidazole rings is 1. The van der Waals surface area contributed by atoms with Gasteiger partial charge in [-0.15, -0.1) is 0 Å². The third-order valence-electron chi connectivity index (χ3n) is 2.74. The molecule has 18 heavy (non-hydrogen) atoms. The van der Waals surface area contributed by atoms with Gasteiger partial charge in [-0.25, -0.2) is 9.78 Å². The molecule has 98 valence electrons. The molecule has 1 aliphatic rings. The molecule has 0 radical (unpaired) electrons. The fourth-order valence-corrected chi connectivity index (χ4v) is 1.80. The van der Waals surface area contributed by atoms with Crippen molar-refractivity contribution in [2.75, 3.05) is 13.2 Å². The van der Waals surface area contributed by atoms with Gasteiger partial charge in [0.05, 0.1) is 6.33 Å². The van der Waals surface area contributed by atoms with Gasteiger partial charge in [-0.05, 0) is 12.8 Å². The van der Waals surface area contributed by atoms with Crippen molar-refractivity contribution in [1.82, 2.24) is 14.9 Å². The van der Waals surface area contributed by atoms with Gasteiger partial charge in [0, 0.05) is 25.9 Å². The van der Waals surface area contributed by atoms with Crippen LogP contribution in [0.2, 0.25) is 0 Å². The van der Waals surface area contributed by atoms with E-state index in [1.54, 1.807) is 4.57 Å². The number of carbonyl (C=O) groups is 2. The van der Waals surface area contributed by atoms with Gasteiger partial charge in [-0.2, -0.15) is 0 Å². The van der Waals surface area contributed by atoms with E-state index in [9.17, 15) is 9.59 Å².